The van der Waals surface area contributed by atoms with Gasteiger partial charge in [-0.05, 0) is 49.4 Å². The number of hydrogen-bond acceptors (Lipinski definition) is 5. The summed E-state index contributed by atoms with van der Waals surface area (Å²) in [6.07, 6.45) is 6.72. The zero-order valence-corrected chi connectivity index (χ0v) is 17.7. The highest BCUT2D eigenvalue weighted by Crippen LogP contribution is 2.41. The number of nitrogens with one attached hydrogen (secondary N) is 1. The van der Waals surface area contributed by atoms with E-state index < -0.39 is 5.82 Å². The highest BCUT2D eigenvalue weighted by Gasteiger charge is 2.48. The topological polar surface area (TPSA) is 71.0 Å². The lowest BCUT2D eigenvalue weighted by Gasteiger charge is -2.34. The number of halogens is 2. The van der Waals surface area contributed by atoms with Crippen molar-refractivity contribution in [3.8, 4) is 11.4 Å². The number of anilines is 1. The van der Waals surface area contributed by atoms with E-state index in [9.17, 15) is 9.18 Å². The first kappa shape index (κ1) is 19.9. The number of carbonyl (C=O) groups is 1. The number of hydrogen-bond donors (Lipinski definition) is 1. The summed E-state index contributed by atoms with van der Waals surface area (Å²) >= 11 is 6.35. The summed E-state index contributed by atoms with van der Waals surface area (Å²) < 4.78 is 14.9. The molecular formula is C23H21ClFN5O. The van der Waals surface area contributed by atoms with E-state index in [0.717, 1.165) is 18.4 Å². The molecule has 3 unspecified atom stereocenters. The largest absolute Gasteiger partial charge is 0.364 e. The van der Waals surface area contributed by atoms with Crippen LogP contribution in [0.1, 0.15) is 28.8 Å². The molecule has 5 rings (SSSR count). The molecule has 2 fully saturated rings. The lowest BCUT2D eigenvalue weighted by molar-refractivity contribution is 0.0688. The van der Waals surface area contributed by atoms with Crippen molar-refractivity contribution in [3.63, 3.8) is 0 Å². The molecule has 2 aromatic heterocycles. The lowest BCUT2D eigenvalue weighted by Crippen LogP contribution is -2.48. The molecule has 158 valence electrons. The third kappa shape index (κ3) is 3.63. The first-order valence-corrected chi connectivity index (χ1v) is 10.6. The molecule has 3 atom stereocenters. The van der Waals surface area contributed by atoms with E-state index in [1.165, 1.54) is 6.07 Å². The summed E-state index contributed by atoms with van der Waals surface area (Å²) in [4.78, 5) is 28.1. The fraction of sp³-hybridized carbons (Fsp3) is 0.304. The summed E-state index contributed by atoms with van der Waals surface area (Å²) in [5, 5.41) is 3.96. The Balaban J connectivity index is 1.43. The predicted molar refractivity (Wildman–Crippen MR) is 116 cm³/mol. The molecule has 8 heteroatoms. The normalized spacial score (nSPS) is 22.0. The number of aryl methyl sites for hydroxylation is 1. The van der Waals surface area contributed by atoms with Gasteiger partial charge in [-0.3, -0.25) is 4.79 Å². The first-order chi connectivity index (χ1) is 15.0. The molecule has 1 aliphatic heterocycles. The molecule has 1 saturated carbocycles. The van der Waals surface area contributed by atoms with Gasteiger partial charge in [-0.2, -0.15) is 0 Å². The summed E-state index contributed by atoms with van der Waals surface area (Å²) in [5.41, 5.74) is 1.41. The Kier molecular flexibility index (Phi) is 5.06. The van der Waals surface area contributed by atoms with Crippen LogP contribution in [0.15, 0.2) is 48.9 Å². The van der Waals surface area contributed by atoms with Gasteiger partial charge >= 0.3 is 0 Å². The maximum absolute atomic E-state index is 14.9. The quantitative estimate of drug-likeness (QED) is 0.656. The third-order valence-electron chi connectivity index (χ3n) is 6.08. The van der Waals surface area contributed by atoms with Gasteiger partial charge < -0.3 is 10.2 Å². The minimum Gasteiger partial charge on any atom is -0.364 e. The van der Waals surface area contributed by atoms with E-state index in [1.807, 2.05) is 13.0 Å². The predicted octanol–water partition coefficient (Wildman–Crippen LogP) is 4.35. The molecule has 1 saturated heterocycles. The Morgan fingerprint density at radius 1 is 1.19 bits per heavy atom. The van der Waals surface area contributed by atoms with Crippen LogP contribution in [0.25, 0.3) is 11.4 Å². The van der Waals surface area contributed by atoms with Crippen molar-refractivity contribution in [1.29, 1.82) is 0 Å². The van der Waals surface area contributed by atoms with E-state index in [-0.39, 0.29) is 23.6 Å². The monoisotopic (exact) mass is 437 g/mol. The van der Waals surface area contributed by atoms with Crippen LogP contribution in [-0.4, -0.2) is 44.4 Å². The second kappa shape index (κ2) is 7.89. The van der Waals surface area contributed by atoms with Gasteiger partial charge in [0.1, 0.15) is 11.6 Å². The average molecular weight is 438 g/mol. The fourth-order valence-electron chi connectivity index (χ4n) is 4.74. The molecule has 6 nitrogen and oxygen atoms in total. The number of benzene rings is 1. The number of carbonyl (C=O) groups excluding carboxylic acids is 1. The Morgan fingerprint density at radius 2 is 2.00 bits per heavy atom. The number of amides is 1. The summed E-state index contributed by atoms with van der Waals surface area (Å²) in [6.45, 7) is 2.54. The average Bonchev–Trinajstić information content (AvgIpc) is 3.36. The molecule has 3 heterocycles. The standard InChI is InChI=1S/C23H21ClFN5O/c1-13-8-16(24)22(28-11-13)29-18-9-14-10-19(18)30(12-14)23(31)20-15(4-2-5-17(20)25)21-26-6-3-7-27-21/h2-8,11,14,18-19H,9-10,12H2,1H3,(H,28,29). The number of piperidine rings is 1. The molecule has 1 aliphatic carbocycles. The number of likely N-dealkylation sites (tertiary alicyclic amines) is 1. The van der Waals surface area contributed by atoms with Crippen molar-refractivity contribution in [1.82, 2.24) is 19.9 Å². The van der Waals surface area contributed by atoms with Gasteiger partial charge in [0.05, 0.1) is 16.6 Å². The molecule has 2 bridgehead atoms. The van der Waals surface area contributed by atoms with Gasteiger partial charge in [-0.1, -0.05) is 23.7 Å². The fourth-order valence-corrected chi connectivity index (χ4v) is 5.01. The van der Waals surface area contributed by atoms with E-state index in [4.69, 9.17) is 11.6 Å². The Hall–Kier alpha value is -3.06. The van der Waals surface area contributed by atoms with Crippen molar-refractivity contribution >= 4 is 23.3 Å². The molecule has 1 aromatic carbocycles. The number of aromatic nitrogens is 3. The zero-order valence-electron chi connectivity index (χ0n) is 16.9. The molecule has 1 N–H and O–H groups in total. The van der Waals surface area contributed by atoms with Crippen LogP contribution in [-0.2, 0) is 0 Å². The van der Waals surface area contributed by atoms with Crippen molar-refractivity contribution in [2.45, 2.75) is 31.8 Å². The molecule has 2 aliphatic rings. The molecule has 0 radical (unpaired) electrons. The summed E-state index contributed by atoms with van der Waals surface area (Å²) in [7, 11) is 0. The summed E-state index contributed by atoms with van der Waals surface area (Å²) in [6, 6.07) is 8.07. The van der Waals surface area contributed by atoms with E-state index in [1.54, 1.807) is 41.7 Å². The van der Waals surface area contributed by atoms with E-state index in [0.29, 0.717) is 34.7 Å². The van der Waals surface area contributed by atoms with Gasteiger partial charge in [0.25, 0.3) is 5.91 Å². The van der Waals surface area contributed by atoms with Crippen LogP contribution in [0.5, 0.6) is 0 Å². The number of fused-ring (bicyclic) bond motifs is 2. The maximum atomic E-state index is 14.9. The van der Waals surface area contributed by atoms with Crippen LogP contribution in [0.4, 0.5) is 10.2 Å². The maximum Gasteiger partial charge on any atom is 0.257 e. The van der Waals surface area contributed by atoms with Gasteiger partial charge in [0.2, 0.25) is 0 Å². The number of nitrogens with zero attached hydrogens (tertiary/aromatic N) is 4. The Bertz CT molecular complexity index is 1140. The van der Waals surface area contributed by atoms with Gasteiger partial charge in [0.15, 0.2) is 5.82 Å². The van der Waals surface area contributed by atoms with Gasteiger partial charge in [0, 0.05) is 36.7 Å². The molecule has 0 spiro atoms. The van der Waals surface area contributed by atoms with Crippen molar-refractivity contribution < 1.29 is 9.18 Å². The first-order valence-electron chi connectivity index (χ1n) is 10.3. The van der Waals surface area contributed by atoms with Crippen molar-refractivity contribution in [2.24, 2.45) is 5.92 Å². The van der Waals surface area contributed by atoms with E-state index in [2.05, 4.69) is 20.3 Å². The highest BCUT2D eigenvalue weighted by molar-refractivity contribution is 6.33. The molecule has 31 heavy (non-hydrogen) atoms. The van der Waals surface area contributed by atoms with E-state index >= 15 is 0 Å². The van der Waals surface area contributed by atoms with Crippen LogP contribution in [0.2, 0.25) is 5.02 Å². The molecular weight excluding hydrogens is 417 g/mol. The van der Waals surface area contributed by atoms with Crippen LogP contribution in [0, 0.1) is 18.7 Å². The smallest absolute Gasteiger partial charge is 0.257 e. The second-order valence-electron chi connectivity index (χ2n) is 8.19. The zero-order chi connectivity index (χ0) is 21.5. The second-order valence-corrected chi connectivity index (χ2v) is 8.60. The minimum absolute atomic E-state index is 0.0126. The summed E-state index contributed by atoms with van der Waals surface area (Å²) in [5.74, 6) is 0.411. The van der Waals surface area contributed by atoms with Crippen LogP contribution < -0.4 is 5.32 Å². The van der Waals surface area contributed by atoms with Crippen LogP contribution >= 0.6 is 11.6 Å². The SMILES string of the molecule is Cc1cnc(NC2CC3CC2N(C(=O)c2c(F)cccc2-c2ncccn2)C3)c(Cl)c1. The van der Waals surface area contributed by atoms with Gasteiger partial charge in [-0.15, -0.1) is 0 Å². The Morgan fingerprint density at radius 3 is 2.74 bits per heavy atom. The molecule has 1 amide bonds. The third-order valence-corrected chi connectivity index (χ3v) is 6.36. The highest BCUT2D eigenvalue weighted by atomic mass is 35.5. The molecule has 3 aromatic rings. The number of pyridine rings is 1. The van der Waals surface area contributed by atoms with Crippen molar-refractivity contribution in [3.05, 3.63) is 70.9 Å². The van der Waals surface area contributed by atoms with Crippen molar-refractivity contribution in [2.75, 3.05) is 11.9 Å². The number of rotatable bonds is 4. The van der Waals surface area contributed by atoms with Crippen LogP contribution in [0.3, 0.4) is 0 Å². The van der Waals surface area contributed by atoms with Gasteiger partial charge in [-0.25, -0.2) is 19.3 Å². The Labute approximate surface area is 184 Å². The minimum atomic E-state index is -0.564. The lowest BCUT2D eigenvalue weighted by atomic mass is 10.0.